The molecule has 0 spiro atoms. The zero-order valence-electron chi connectivity index (χ0n) is 19.4. The minimum absolute atomic E-state index is 0.00899. The van der Waals surface area contributed by atoms with Crippen molar-refractivity contribution in [3.63, 3.8) is 0 Å². The third-order valence-corrected chi connectivity index (χ3v) is 10.6. The first kappa shape index (κ1) is 22.6. The molecule has 1 unspecified atom stereocenters. The first-order chi connectivity index (χ1) is 14.9. The fourth-order valence-electron chi connectivity index (χ4n) is 9.04. The highest BCUT2D eigenvalue weighted by atomic mass is 16.5. The molecule has 0 heterocycles. The molecule has 0 bridgehead atoms. The molecule has 4 saturated carbocycles. The van der Waals surface area contributed by atoms with E-state index in [0.717, 1.165) is 32.1 Å². The van der Waals surface area contributed by atoms with Crippen LogP contribution in [0.1, 0.15) is 85.0 Å². The summed E-state index contributed by atoms with van der Waals surface area (Å²) < 4.78 is 11.2. The first-order valence-corrected chi connectivity index (χ1v) is 12.4. The Morgan fingerprint density at radius 1 is 1.00 bits per heavy atom. The molecular weight excluding hydrogens is 390 g/mol. The SMILES string of the molecule is C[C@H](CCC#N)C1CC[C@H]2[C@@H]3[C@@H](OC=O)C[C@@H]4C[C@H](OC=O)CC[C@]4(C)[C@H]3CC[C@]12C. The molecule has 5 nitrogen and oxygen atoms in total. The summed E-state index contributed by atoms with van der Waals surface area (Å²) in [6.07, 6.45) is 10.4. The number of fused-ring (bicyclic) bond motifs is 5. The normalized spacial score (nSPS) is 47.1. The molecule has 0 amide bonds. The third kappa shape index (κ3) is 3.68. The van der Waals surface area contributed by atoms with Gasteiger partial charge in [0.15, 0.2) is 0 Å². The van der Waals surface area contributed by atoms with Crippen LogP contribution in [-0.2, 0) is 19.1 Å². The average molecular weight is 430 g/mol. The van der Waals surface area contributed by atoms with Crippen molar-refractivity contribution in [1.82, 2.24) is 0 Å². The lowest BCUT2D eigenvalue weighted by atomic mass is 9.43. The Balaban J connectivity index is 1.60. The van der Waals surface area contributed by atoms with E-state index in [1.165, 1.54) is 25.7 Å². The van der Waals surface area contributed by atoms with Gasteiger partial charge in [0.2, 0.25) is 0 Å². The number of nitriles is 1. The molecule has 0 aromatic carbocycles. The van der Waals surface area contributed by atoms with Gasteiger partial charge in [-0.15, -0.1) is 0 Å². The van der Waals surface area contributed by atoms with E-state index in [1.54, 1.807) is 0 Å². The monoisotopic (exact) mass is 429 g/mol. The van der Waals surface area contributed by atoms with Gasteiger partial charge >= 0.3 is 0 Å². The van der Waals surface area contributed by atoms with Gasteiger partial charge in [-0.1, -0.05) is 20.8 Å². The van der Waals surface area contributed by atoms with E-state index in [9.17, 15) is 9.59 Å². The average Bonchev–Trinajstić information content (AvgIpc) is 3.10. The lowest BCUT2D eigenvalue weighted by Gasteiger charge is -2.62. The van der Waals surface area contributed by atoms with Crippen molar-refractivity contribution in [2.45, 2.75) is 97.2 Å². The zero-order chi connectivity index (χ0) is 22.2. The van der Waals surface area contributed by atoms with Gasteiger partial charge in [0, 0.05) is 12.3 Å². The lowest BCUT2D eigenvalue weighted by molar-refractivity contribution is -0.190. The Morgan fingerprint density at radius 2 is 1.71 bits per heavy atom. The predicted molar refractivity (Wildman–Crippen MR) is 116 cm³/mol. The van der Waals surface area contributed by atoms with E-state index >= 15 is 0 Å². The van der Waals surface area contributed by atoms with Gasteiger partial charge in [-0.05, 0) is 98.2 Å². The highest BCUT2D eigenvalue weighted by molar-refractivity contribution is 5.38. The lowest BCUT2D eigenvalue weighted by Crippen LogP contribution is -2.59. The number of carbonyl (C=O) groups excluding carboxylic acids is 2. The summed E-state index contributed by atoms with van der Waals surface area (Å²) >= 11 is 0. The second kappa shape index (κ2) is 8.75. The summed E-state index contributed by atoms with van der Waals surface area (Å²) in [5.74, 6) is 3.26. The first-order valence-electron chi connectivity index (χ1n) is 12.4. The minimum atomic E-state index is -0.0201. The van der Waals surface area contributed by atoms with Crippen LogP contribution in [-0.4, -0.2) is 25.2 Å². The molecular formula is C26H39NO4. The summed E-state index contributed by atoms with van der Waals surface area (Å²) in [5, 5.41) is 9.07. The summed E-state index contributed by atoms with van der Waals surface area (Å²) in [5.41, 5.74) is 0.517. The highest BCUT2D eigenvalue weighted by Crippen LogP contribution is 2.68. The number of hydrogen-bond donors (Lipinski definition) is 0. The molecule has 0 N–H and O–H groups in total. The second-order valence-electron chi connectivity index (χ2n) is 11.5. The fourth-order valence-corrected chi connectivity index (χ4v) is 9.04. The van der Waals surface area contributed by atoms with Crippen LogP contribution < -0.4 is 0 Å². The Hall–Kier alpha value is -1.57. The molecule has 10 atom stereocenters. The fraction of sp³-hybridized carbons (Fsp3) is 0.885. The molecule has 5 heteroatoms. The number of carbonyl (C=O) groups is 2. The van der Waals surface area contributed by atoms with E-state index in [4.69, 9.17) is 14.7 Å². The molecule has 31 heavy (non-hydrogen) atoms. The Morgan fingerprint density at radius 3 is 2.42 bits per heavy atom. The smallest absolute Gasteiger partial charge is 0.293 e. The van der Waals surface area contributed by atoms with Crippen molar-refractivity contribution < 1.29 is 19.1 Å². The van der Waals surface area contributed by atoms with Crippen molar-refractivity contribution in [3.05, 3.63) is 0 Å². The molecule has 0 aromatic heterocycles. The predicted octanol–water partition coefficient (Wildman–Crippen LogP) is 5.28. The number of nitrogens with zero attached hydrogens (tertiary/aromatic N) is 1. The van der Waals surface area contributed by atoms with Gasteiger partial charge in [-0.3, -0.25) is 9.59 Å². The van der Waals surface area contributed by atoms with E-state index < -0.39 is 0 Å². The summed E-state index contributed by atoms with van der Waals surface area (Å²) in [6, 6.07) is 2.33. The highest BCUT2D eigenvalue weighted by Gasteiger charge is 2.63. The van der Waals surface area contributed by atoms with E-state index in [2.05, 4.69) is 26.8 Å². The Bertz CT molecular complexity index is 719. The quantitative estimate of drug-likeness (QED) is 0.515. The molecule has 0 radical (unpaired) electrons. The van der Waals surface area contributed by atoms with Gasteiger partial charge in [0.1, 0.15) is 12.2 Å². The molecule has 4 fully saturated rings. The Kier molecular flexibility index (Phi) is 6.39. The molecule has 4 aliphatic rings. The van der Waals surface area contributed by atoms with E-state index in [1.807, 2.05) is 0 Å². The van der Waals surface area contributed by atoms with Crippen LogP contribution >= 0.6 is 0 Å². The standard InChI is InChI=1S/C26H39NO4/c1-17(5-4-12-27)20-6-7-21-24-22(9-11-26(20,21)3)25(2)10-8-19(30-15-28)13-18(25)14-23(24)31-16-29/h15-24H,4-11,13-14H2,1-3H3/t17-,18+,19-,20?,21+,22+,23+,24+,25+,26-/m1/s1. The van der Waals surface area contributed by atoms with Crippen molar-refractivity contribution in [2.24, 2.45) is 46.3 Å². The Labute approximate surface area is 187 Å². The van der Waals surface area contributed by atoms with E-state index in [0.29, 0.717) is 54.9 Å². The van der Waals surface area contributed by atoms with Crippen LogP contribution in [0.25, 0.3) is 0 Å². The molecule has 4 aliphatic carbocycles. The van der Waals surface area contributed by atoms with Gasteiger partial charge in [0.25, 0.3) is 12.9 Å². The summed E-state index contributed by atoms with van der Waals surface area (Å²) in [6.45, 7) is 8.56. The molecule has 0 aliphatic heterocycles. The number of rotatable bonds is 7. The van der Waals surface area contributed by atoms with Crippen LogP contribution in [0.5, 0.6) is 0 Å². The maximum atomic E-state index is 11.5. The van der Waals surface area contributed by atoms with Crippen molar-refractivity contribution >= 4 is 12.9 Å². The topological polar surface area (TPSA) is 76.4 Å². The van der Waals surface area contributed by atoms with Crippen molar-refractivity contribution in [3.8, 4) is 6.07 Å². The largest absolute Gasteiger partial charge is 0.465 e. The van der Waals surface area contributed by atoms with Gasteiger partial charge < -0.3 is 9.47 Å². The summed E-state index contributed by atoms with van der Waals surface area (Å²) in [4.78, 5) is 22.4. The van der Waals surface area contributed by atoms with Gasteiger partial charge in [-0.25, -0.2) is 0 Å². The van der Waals surface area contributed by atoms with Crippen LogP contribution in [0.2, 0.25) is 0 Å². The second-order valence-corrected chi connectivity index (χ2v) is 11.5. The molecule has 172 valence electrons. The number of hydrogen-bond acceptors (Lipinski definition) is 5. The zero-order valence-corrected chi connectivity index (χ0v) is 19.4. The van der Waals surface area contributed by atoms with Gasteiger partial charge in [0.05, 0.1) is 6.07 Å². The van der Waals surface area contributed by atoms with Crippen LogP contribution in [0.3, 0.4) is 0 Å². The molecule has 0 saturated heterocycles. The number of ether oxygens (including phenoxy) is 2. The van der Waals surface area contributed by atoms with E-state index in [-0.39, 0.29) is 23.0 Å². The third-order valence-electron chi connectivity index (χ3n) is 10.6. The van der Waals surface area contributed by atoms with Crippen LogP contribution in [0.4, 0.5) is 0 Å². The van der Waals surface area contributed by atoms with Crippen molar-refractivity contribution in [1.29, 1.82) is 5.26 Å². The van der Waals surface area contributed by atoms with Crippen molar-refractivity contribution in [2.75, 3.05) is 0 Å². The van der Waals surface area contributed by atoms with Gasteiger partial charge in [-0.2, -0.15) is 5.26 Å². The maximum absolute atomic E-state index is 11.5. The van der Waals surface area contributed by atoms with Crippen LogP contribution in [0.15, 0.2) is 0 Å². The molecule has 0 aromatic rings. The van der Waals surface area contributed by atoms with Crippen LogP contribution in [0, 0.1) is 57.7 Å². The molecule has 4 rings (SSSR count). The summed E-state index contributed by atoms with van der Waals surface area (Å²) in [7, 11) is 0. The maximum Gasteiger partial charge on any atom is 0.293 e. The minimum Gasteiger partial charge on any atom is -0.465 e.